The average molecular weight is 455 g/mol. The third-order valence-electron chi connectivity index (χ3n) is 5.63. The van der Waals surface area contributed by atoms with Gasteiger partial charge in [0.05, 0.1) is 6.61 Å². The number of aryl methyl sites for hydroxylation is 3. The number of hydrogen-bond acceptors (Lipinski definition) is 4. The zero-order valence-corrected chi connectivity index (χ0v) is 21.0. The minimum atomic E-state index is -0.652. The molecule has 2 N–H and O–H groups in total. The predicted octanol–water partition coefficient (Wildman–Crippen LogP) is 5.15. The molecule has 180 valence electrons. The van der Waals surface area contributed by atoms with Gasteiger partial charge in [0, 0.05) is 5.41 Å². The minimum Gasteiger partial charge on any atom is -0.493 e. The largest absolute Gasteiger partial charge is 0.493 e. The number of amides is 2. The summed E-state index contributed by atoms with van der Waals surface area (Å²) in [7, 11) is 0. The molecule has 0 radical (unpaired) electrons. The molecule has 0 heterocycles. The third-order valence-corrected chi connectivity index (χ3v) is 5.63. The average Bonchev–Trinajstić information content (AvgIpc) is 2.75. The molecule has 0 atom stereocenters. The summed E-state index contributed by atoms with van der Waals surface area (Å²) in [6.07, 6.45) is 1.34. The van der Waals surface area contributed by atoms with Gasteiger partial charge in [-0.1, -0.05) is 52.0 Å². The van der Waals surface area contributed by atoms with E-state index in [1.165, 1.54) is 0 Å². The second kappa shape index (κ2) is 11.7. The summed E-state index contributed by atoms with van der Waals surface area (Å²) < 4.78 is 11.6. The lowest BCUT2D eigenvalue weighted by atomic mass is 9.87. The topological polar surface area (TPSA) is 76.7 Å². The normalized spacial score (nSPS) is 11.3. The van der Waals surface area contributed by atoms with Crippen molar-refractivity contribution in [2.45, 2.75) is 67.2 Å². The fourth-order valence-corrected chi connectivity index (χ4v) is 3.39. The Morgan fingerprint density at radius 3 is 2.21 bits per heavy atom. The van der Waals surface area contributed by atoms with Crippen molar-refractivity contribution in [1.29, 1.82) is 0 Å². The van der Waals surface area contributed by atoms with E-state index in [4.69, 9.17) is 9.47 Å². The number of carbonyl (C=O) groups is 2. The van der Waals surface area contributed by atoms with Gasteiger partial charge in [-0.15, -0.1) is 0 Å². The lowest BCUT2D eigenvalue weighted by Crippen LogP contribution is -2.49. The van der Waals surface area contributed by atoms with E-state index >= 15 is 0 Å². The summed E-state index contributed by atoms with van der Waals surface area (Å²) >= 11 is 0. The SMILES string of the molecule is Cc1ccc(C)c(OCCCC(C)(C)C(=O)NNC(=O)COc2cc(C)ccc2C(C)C)c1. The van der Waals surface area contributed by atoms with E-state index < -0.39 is 11.3 Å². The maximum Gasteiger partial charge on any atom is 0.276 e. The standard InChI is InChI=1S/C27H38N2O4/c1-18(2)22-12-10-20(4)16-24(22)33-17-25(30)28-29-26(31)27(6,7)13-8-14-32-23-15-19(3)9-11-21(23)5/h9-12,15-16,18H,8,13-14,17H2,1-7H3,(H,28,30)(H,29,31). The molecule has 33 heavy (non-hydrogen) atoms. The highest BCUT2D eigenvalue weighted by atomic mass is 16.5. The summed E-state index contributed by atoms with van der Waals surface area (Å²) in [6.45, 7) is 14.2. The molecular weight excluding hydrogens is 416 g/mol. The van der Waals surface area contributed by atoms with Gasteiger partial charge in [0.2, 0.25) is 5.91 Å². The summed E-state index contributed by atoms with van der Waals surface area (Å²) in [6, 6.07) is 12.1. The smallest absolute Gasteiger partial charge is 0.276 e. The summed E-state index contributed by atoms with van der Waals surface area (Å²) in [5.74, 6) is 1.19. The quantitative estimate of drug-likeness (QED) is 0.385. The first kappa shape index (κ1) is 26.2. The number of rotatable bonds is 10. The molecule has 6 heteroatoms. The van der Waals surface area contributed by atoms with Gasteiger partial charge in [0.25, 0.3) is 5.91 Å². The van der Waals surface area contributed by atoms with Gasteiger partial charge < -0.3 is 9.47 Å². The minimum absolute atomic E-state index is 0.173. The van der Waals surface area contributed by atoms with E-state index in [2.05, 4.69) is 30.8 Å². The van der Waals surface area contributed by atoms with Crippen molar-refractivity contribution in [2.75, 3.05) is 13.2 Å². The van der Waals surface area contributed by atoms with Gasteiger partial charge in [-0.2, -0.15) is 0 Å². The Balaban J connectivity index is 1.76. The van der Waals surface area contributed by atoms with Crippen LogP contribution in [0.3, 0.4) is 0 Å². The van der Waals surface area contributed by atoms with Crippen molar-refractivity contribution in [3.8, 4) is 11.5 Å². The molecule has 2 amide bonds. The monoisotopic (exact) mass is 454 g/mol. The molecule has 2 aromatic carbocycles. The highest BCUT2D eigenvalue weighted by Crippen LogP contribution is 2.27. The molecule has 6 nitrogen and oxygen atoms in total. The van der Waals surface area contributed by atoms with Gasteiger partial charge in [-0.05, 0) is 73.9 Å². The lowest BCUT2D eigenvalue weighted by molar-refractivity contribution is -0.135. The Morgan fingerprint density at radius 1 is 0.909 bits per heavy atom. The van der Waals surface area contributed by atoms with E-state index in [9.17, 15) is 9.59 Å². The highest BCUT2D eigenvalue weighted by Gasteiger charge is 2.27. The lowest BCUT2D eigenvalue weighted by Gasteiger charge is -2.24. The van der Waals surface area contributed by atoms with Crippen LogP contribution in [0.4, 0.5) is 0 Å². The van der Waals surface area contributed by atoms with E-state index in [1.54, 1.807) is 0 Å². The molecule has 0 aliphatic rings. The van der Waals surface area contributed by atoms with Crippen LogP contribution in [0, 0.1) is 26.2 Å². The van der Waals surface area contributed by atoms with Crippen LogP contribution in [0.2, 0.25) is 0 Å². The Kier molecular flexibility index (Phi) is 9.32. The van der Waals surface area contributed by atoms with Gasteiger partial charge in [0.15, 0.2) is 6.61 Å². The van der Waals surface area contributed by atoms with E-state index in [0.29, 0.717) is 18.8 Å². The fraction of sp³-hybridized carbons (Fsp3) is 0.481. The van der Waals surface area contributed by atoms with Crippen LogP contribution in [-0.4, -0.2) is 25.0 Å². The first-order valence-electron chi connectivity index (χ1n) is 11.5. The number of ether oxygens (including phenoxy) is 2. The zero-order valence-electron chi connectivity index (χ0n) is 21.0. The second-order valence-corrected chi connectivity index (χ2v) is 9.59. The summed E-state index contributed by atoms with van der Waals surface area (Å²) in [4.78, 5) is 24.8. The van der Waals surface area contributed by atoms with Crippen LogP contribution in [0.5, 0.6) is 11.5 Å². The van der Waals surface area contributed by atoms with Crippen molar-refractivity contribution in [2.24, 2.45) is 5.41 Å². The van der Waals surface area contributed by atoms with Gasteiger partial charge >= 0.3 is 0 Å². The molecule has 0 spiro atoms. The summed E-state index contributed by atoms with van der Waals surface area (Å²) in [5, 5.41) is 0. The Labute approximate surface area is 198 Å². The van der Waals surface area contributed by atoms with Crippen LogP contribution in [0.1, 0.15) is 68.7 Å². The van der Waals surface area contributed by atoms with Gasteiger partial charge in [-0.3, -0.25) is 20.4 Å². The predicted molar refractivity (Wildman–Crippen MR) is 131 cm³/mol. The highest BCUT2D eigenvalue weighted by molar-refractivity contribution is 5.85. The molecule has 2 rings (SSSR count). The van der Waals surface area contributed by atoms with Crippen molar-refractivity contribution >= 4 is 11.8 Å². The molecule has 0 saturated heterocycles. The maximum atomic E-state index is 12.6. The first-order chi connectivity index (χ1) is 15.5. The Hall–Kier alpha value is -3.02. The van der Waals surface area contributed by atoms with E-state index in [0.717, 1.165) is 34.4 Å². The number of carbonyl (C=O) groups excluding carboxylic acids is 2. The molecular formula is C27H38N2O4. The van der Waals surface area contributed by atoms with E-state index in [1.807, 2.05) is 65.0 Å². The van der Waals surface area contributed by atoms with Crippen molar-refractivity contribution in [3.05, 3.63) is 58.7 Å². The van der Waals surface area contributed by atoms with Crippen LogP contribution < -0.4 is 20.3 Å². The molecule has 0 aliphatic carbocycles. The summed E-state index contributed by atoms with van der Waals surface area (Å²) in [5.41, 5.74) is 8.68. The van der Waals surface area contributed by atoms with Gasteiger partial charge in [0.1, 0.15) is 11.5 Å². The molecule has 0 fully saturated rings. The third kappa shape index (κ3) is 8.12. The number of benzene rings is 2. The van der Waals surface area contributed by atoms with E-state index in [-0.39, 0.29) is 18.4 Å². The fourth-order valence-electron chi connectivity index (χ4n) is 3.39. The Bertz CT molecular complexity index is 967. The first-order valence-corrected chi connectivity index (χ1v) is 11.5. The van der Waals surface area contributed by atoms with Crippen LogP contribution in [0.25, 0.3) is 0 Å². The van der Waals surface area contributed by atoms with Crippen molar-refractivity contribution < 1.29 is 19.1 Å². The molecule has 0 unspecified atom stereocenters. The number of hydrogen-bond donors (Lipinski definition) is 2. The van der Waals surface area contributed by atoms with Crippen molar-refractivity contribution in [3.63, 3.8) is 0 Å². The molecule has 0 saturated carbocycles. The number of hydrazine groups is 1. The molecule has 2 aromatic rings. The molecule has 0 aromatic heterocycles. The zero-order chi connectivity index (χ0) is 24.6. The molecule has 0 bridgehead atoms. The van der Waals surface area contributed by atoms with Gasteiger partial charge in [-0.25, -0.2) is 0 Å². The van der Waals surface area contributed by atoms with Crippen LogP contribution in [-0.2, 0) is 9.59 Å². The van der Waals surface area contributed by atoms with Crippen LogP contribution in [0.15, 0.2) is 36.4 Å². The maximum absolute atomic E-state index is 12.6. The second-order valence-electron chi connectivity index (χ2n) is 9.59. The number of nitrogens with one attached hydrogen (secondary N) is 2. The Morgan fingerprint density at radius 2 is 1.55 bits per heavy atom. The van der Waals surface area contributed by atoms with Crippen molar-refractivity contribution in [1.82, 2.24) is 10.9 Å². The molecule has 0 aliphatic heterocycles. The van der Waals surface area contributed by atoms with Crippen LogP contribution >= 0.6 is 0 Å².